The first-order valence-corrected chi connectivity index (χ1v) is 4.50. The van der Waals surface area contributed by atoms with E-state index in [1.165, 1.54) is 6.42 Å². The lowest BCUT2D eigenvalue weighted by molar-refractivity contribution is -0.163. The Morgan fingerprint density at radius 1 is 1.33 bits per heavy atom. The molecule has 1 aliphatic rings. The molecule has 0 amide bonds. The summed E-state index contributed by atoms with van der Waals surface area (Å²) in [6.45, 7) is 1.46. The van der Waals surface area contributed by atoms with Crippen LogP contribution in [-0.4, -0.2) is 47.7 Å². The molecule has 0 radical (unpaired) electrons. The van der Waals surface area contributed by atoms with Crippen LogP contribution in [0.1, 0.15) is 19.3 Å². The Morgan fingerprint density at radius 2 is 1.92 bits per heavy atom. The van der Waals surface area contributed by atoms with Crippen molar-refractivity contribution in [2.75, 3.05) is 26.7 Å². The van der Waals surface area contributed by atoms with E-state index in [4.69, 9.17) is 5.11 Å². The number of nitrogens with zero attached hydrogens (tertiary/aromatic N) is 1. The Balaban J connectivity index is 2.51. The van der Waals surface area contributed by atoms with Crippen molar-refractivity contribution >= 4 is 0 Å². The van der Waals surface area contributed by atoms with Gasteiger partial charge in [0.05, 0.1) is 0 Å². The minimum atomic E-state index is -1.21. The van der Waals surface area contributed by atoms with Crippen molar-refractivity contribution in [1.82, 2.24) is 10.2 Å². The smallest absolute Gasteiger partial charge is 0.198 e. The summed E-state index contributed by atoms with van der Waals surface area (Å²) in [5, 5.41) is 21.5. The topological polar surface area (TPSA) is 55.7 Å². The Labute approximate surface area is 73.2 Å². The Morgan fingerprint density at radius 3 is 2.33 bits per heavy atom. The molecule has 0 aromatic rings. The molecule has 72 valence electrons. The fourth-order valence-corrected chi connectivity index (χ4v) is 1.60. The minimum Gasteiger partial charge on any atom is -0.390 e. The second-order valence-electron chi connectivity index (χ2n) is 3.27. The van der Waals surface area contributed by atoms with Gasteiger partial charge in [0.1, 0.15) is 6.61 Å². The lowest BCUT2D eigenvalue weighted by Crippen LogP contribution is -2.61. The van der Waals surface area contributed by atoms with Crippen LogP contribution in [0.15, 0.2) is 0 Å². The van der Waals surface area contributed by atoms with E-state index in [2.05, 4.69) is 5.32 Å². The highest BCUT2D eigenvalue weighted by Crippen LogP contribution is 2.15. The van der Waals surface area contributed by atoms with Crippen LogP contribution in [0.2, 0.25) is 0 Å². The lowest BCUT2D eigenvalue weighted by Gasteiger charge is -2.40. The summed E-state index contributed by atoms with van der Waals surface area (Å²) in [5.41, 5.74) is 0. The van der Waals surface area contributed by atoms with Crippen molar-refractivity contribution in [3.63, 3.8) is 0 Å². The van der Waals surface area contributed by atoms with Gasteiger partial charge < -0.3 is 10.2 Å². The number of likely N-dealkylation sites (N-methyl/N-ethyl adjacent to an activating group) is 1. The quantitative estimate of drug-likeness (QED) is 0.497. The summed E-state index contributed by atoms with van der Waals surface area (Å²) < 4.78 is 0. The maximum Gasteiger partial charge on any atom is 0.198 e. The number of nitrogens with one attached hydrogen (secondary N) is 1. The van der Waals surface area contributed by atoms with Gasteiger partial charge in [-0.2, -0.15) is 0 Å². The van der Waals surface area contributed by atoms with E-state index in [9.17, 15) is 5.11 Å². The van der Waals surface area contributed by atoms with Crippen LogP contribution in [0, 0.1) is 0 Å². The molecule has 0 bridgehead atoms. The molecule has 1 saturated heterocycles. The number of piperidine rings is 1. The molecule has 0 spiro atoms. The summed E-state index contributed by atoms with van der Waals surface area (Å²) in [4.78, 5) is 1.89. The van der Waals surface area contributed by atoms with Crippen LogP contribution in [0.4, 0.5) is 0 Å². The van der Waals surface area contributed by atoms with Gasteiger partial charge in [-0.05, 0) is 19.9 Å². The average Bonchev–Trinajstić information content (AvgIpc) is 2.18. The van der Waals surface area contributed by atoms with Crippen molar-refractivity contribution in [3.8, 4) is 0 Å². The van der Waals surface area contributed by atoms with E-state index < -0.39 is 5.85 Å². The average molecular weight is 174 g/mol. The highest BCUT2D eigenvalue weighted by molar-refractivity contribution is 4.77. The monoisotopic (exact) mass is 174 g/mol. The van der Waals surface area contributed by atoms with Gasteiger partial charge in [0, 0.05) is 13.1 Å². The summed E-state index contributed by atoms with van der Waals surface area (Å²) >= 11 is 0. The molecule has 0 aromatic heterocycles. The molecule has 0 saturated carbocycles. The van der Waals surface area contributed by atoms with Crippen LogP contribution in [0.5, 0.6) is 0 Å². The van der Waals surface area contributed by atoms with Crippen molar-refractivity contribution in [2.24, 2.45) is 0 Å². The number of aliphatic hydroxyl groups is 2. The van der Waals surface area contributed by atoms with Crippen LogP contribution < -0.4 is 5.32 Å². The summed E-state index contributed by atoms with van der Waals surface area (Å²) in [6.07, 6.45) is 3.43. The van der Waals surface area contributed by atoms with E-state index in [1.807, 2.05) is 4.90 Å². The van der Waals surface area contributed by atoms with Crippen LogP contribution in [0.3, 0.4) is 0 Å². The van der Waals surface area contributed by atoms with Crippen LogP contribution >= 0.6 is 0 Å². The minimum absolute atomic E-state index is 0.260. The van der Waals surface area contributed by atoms with Gasteiger partial charge in [0.25, 0.3) is 0 Å². The Bertz CT molecular complexity index is 131. The van der Waals surface area contributed by atoms with E-state index in [0.29, 0.717) is 0 Å². The number of rotatable bonds is 3. The molecule has 1 aliphatic heterocycles. The summed E-state index contributed by atoms with van der Waals surface area (Å²) in [6, 6.07) is 0. The highest BCUT2D eigenvalue weighted by Gasteiger charge is 2.32. The molecule has 0 aliphatic carbocycles. The van der Waals surface area contributed by atoms with Gasteiger partial charge in [-0.3, -0.25) is 10.2 Å². The number of hydrogen-bond donors (Lipinski definition) is 3. The standard InChI is InChI=1S/C8H18N2O2/c1-9-8(12,7-11)10-5-3-2-4-6-10/h9,11-12H,2-7H2,1H3. The van der Waals surface area contributed by atoms with E-state index in [1.54, 1.807) is 7.05 Å². The molecule has 1 atom stereocenters. The van der Waals surface area contributed by atoms with E-state index in [0.717, 1.165) is 25.9 Å². The highest BCUT2D eigenvalue weighted by atomic mass is 16.4. The van der Waals surface area contributed by atoms with Crippen LogP contribution in [0.25, 0.3) is 0 Å². The predicted octanol–water partition coefficient (Wildman–Crippen LogP) is -0.670. The van der Waals surface area contributed by atoms with E-state index in [-0.39, 0.29) is 6.61 Å². The van der Waals surface area contributed by atoms with Gasteiger partial charge in [0.15, 0.2) is 5.85 Å². The van der Waals surface area contributed by atoms with Gasteiger partial charge in [-0.15, -0.1) is 0 Å². The second-order valence-corrected chi connectivity index (χ2v) is 3.27. The maximum atomic E-state index is 9.82. The van der Waals surface area contributed by atoms with Crippen molar-refractivity contribution in [2.45, 2.75) is 25.1 Å². The normalized spacial score (nSPS) is 25.2. The molecule has 1 fully saturated rings. The van der Waals surface area contributed by atoms with Crippen molar-refractivity contribution in [3.05, 3.63) is 0 Å². The zero-order valence-corrected chi connectivity index (χ0v) is 7.58. The predicted molar refractivity (Wildman–Crippen MR) is 46.5 cm³/mol. The van der Waals surface area contributed by atoms with E-state index >= 15 is 0 Å². The molecular weight excluding hydrogens is 156 g/mol. The van der Waals surface area contributed by atoms with Gasteiger partial charge in [0.2, 0.25) is 0 Å². The molecule has 1 rings (SSSR count). The maximum absolute atomic E-state index is 9.82. The first-order valence-electron chi connectivity index (χ1n) is 4.50. The summed E-state index contributed by atoms with van der Waals surface area (Å²) in [7, 11) is 1.66. The zero-order valence-electron chi connectivity index (χ0n) is 7.58. The number of likely N-dealkylation sites (tertiary alicyclic amines) is 1. The first kappa shape index (κ1) is 9.92. The molecule has 0 aromatic carbocycles. The van der Waals surface area contributed by atoms with Gasteiger partial charge in [-0.1, -0.05) is 6.42 Å². The lowest BCUT2D eigenvalue weighted by atomic mass is 10.1. The molecule has 4 heteroatoms. The zero-order chi connectivity index (χ0) is 9.03. The summed E-state index contributed by atoms with van der Waals surface area (Å²) in [5.74, 6) is -1.21. The number of hydrogen-bond acceptors (Lipinski definition) is 4. The third kappa shape index (κ3) is 1.95. The molecule has 1 heterocycles. The van der Waals surface area contributed by atoms with Gasteiger partial charge in [-0.25, -0.2) is 0 Å². The molecule has 12 heavy (non-hydrogen) atoms. The second kappa shape index (κ2) is 4.18. The molecule has 1 unspecified atom stereocenters. The molecule has 4 nitrogen and oxygen atoms in total. The fraction of sp³-hybridized carbons (Fsp3) is 1.00. The van der Waals surface area contributed by atoms with Crippen molar-refractivity contribution < 1.29 is 10.2 Å². The van der Waals surface area contributed by atoms with Gasteiger partial charge >= 0.3 is 0 Å². The first-order chi connectivity index (χ1) is 5.73. The van der Waals surface area contributed by atoms with Crippen molar-refractivity contribution in [1.29, 1.82) is 0 Å². The third-order valence-corrected chi connectivity index (χ3v) is 2.50. The van der Waals surface area contributed by atoms with Crippen LogP contribution in [-0.2, 0) is 0 Å². The largest absolute Gasteiger partial charge is 0.390 e. The molecule has 3 N–H and O–H groups in total. The fourth-order valence-electron chi connectivity index (χ4n) is 1.60. The number of aliphatic hydroxyl groups excluding tert-OH is 1. The Hall–Kier alpha value is -0.160. The SMILES string of the molecule is CNC(O)(CO)N1CCCCC1. The third-order valence-electron chi connectivity index (χ3n) is 2.50. The Kier molecular flexibility index (Phi) is 3.46. The molecular formula is C8H18N2O2.